The first-order valence-electron chi connectivity index (χ1n) is 11.2. The van der Waals surface area contributed by atoms with Crippen LogP contribution in [0, 0.1) is 0 Å². The summed E-state index contributed by atoms with van der Waals surface area (Å²) in [6.45, 7) is 4.04. The van der Waals surface area contributed by atoms with Crippen molar-refractivity contribution < 1.29 is 39.5 Å². The van der Waals surface area contributed by atoms with Crippen LogP contribution in [0.5, 0.6) is 34.5 Å². The maximum atomic E-state index is 12.3. The van der Waals surface area contributed by atoms with Gasteiger partial charge < -0.3 is 29.9 Å². The summed E-state index contributed by atoms with van der Waals surface area (Å²) in [5, 5.41) is 38.0. The molecule has 0 saturated carbocycles. The van der Waals surface area contributed by atoms with Crippen molar-refractivity contribution in [2.45, 2.75) is 19.3 Å². The quantitative estimate of drug-likeness (QED) is 0.160. The Labute approximate surface area is 212 Å². The molecule has 0 aliphatic heterocycles. The second-order valence-electron chi connectivity index (χ2n) is 8.86. The molecule has 0 saturated heterocycles. The van der Waals surface area contributed by atoms with E-state index in [0.29, 0.717) is 11.5 Å². The highest BCUT2D eigenvalue weighted by molar-refractivity contribution is 5.92. The van der Waals surface area contributed by atoms with Gasteiger partial charge in [-0.3, -0.25) is 0 Å². The molecular weight excluding hydrogens is 476 g/mol. The standard InChI is InChI=1S/C29H24O8/c1-29(2,19-5-9-21(10-6-19)36-27(34)17-3-13-23(30)25(32)15-17)20-7-11-22(12-8-20)37-28(35)18-4-14-24(31)26(33)16-18/h3-16,30-33H,1-2H3. The predicted molar refractivity (Wildman–Crippen MR) is 134 cm³/mol. The van der Waals surface area contributed by atoms with Crippen LogP contribution < -0.4 is 9.47 Å². The van der Waals surface area contributed by atoms with Crippen LogP contribution in [-0.2, 0) is 5.41 Å². The zero-order valence-electron chi connectivity index (χ0n) is 20.0. The lowest BCUT2D eigenvalue weighted by Crippen LogP contribution is -2.19. The Morgan fingerprint density at radius 2 is 0.892 bits per heavy atom. The molecule has 0 aliphatic carbocycles. The van der Waals surface area contributed by atoms with Gasteiger partial charge in [0, 0.05) is 5.41 Å². The summed E-state index contributed by atoms with van der Waals surface area (Å²) in [6.07, 6.45) is 0. The van der Waals surface area contributed by atoms with Crippen molar-refractivity contribution in [1.82, 2.24) is 0 Å². The van der Waals surface area contributed by atoms with Gasteiger partial charge in [0.2, 0.25) is 0 Å². The maximum absolute atomic E-state index is 12.3. The molecule has 4 rings (SSSR count). The molecule has 0 radical (unpaired) electrons. The molecule has 8 nitrogen and oxygen atoms in total. The number of aromatic hydroxyl groups is 4. The number of carbonyl (C=O) groups excluding carboxylic acids is 2. The van der Waals surface area contributed by atoms with Gasteiger partial charge in [-0.15, -0.1) is 0 Å². The van der Waals surface area contributed by atoms with Gasteiger partial charge in [0.1, 0.15) is 11.5 Å². The van der Waals surface area contributed by atoms with Crippen molar-refractivity contribution >= 4 is 11.9 Å². The average Bonchev–Trinajstić information content (AvgIpc) is 2.88. The maximum Gasteiger partial charge on any atom is 0.343 e. The summed E-state index contributed by atoms with van der Waals surface area (Å²) < 4.78 is 10.7. The molecular formula is C29H24O8. The van der Waals surface area contributed by atoms with Gasteiger partial charge in [-0.05, 0) is 71.8 Å². The van der Waals surface area contributed by atoms with E-state index in [2.05, 4.69) is 0 Å². The summed E-state index contributed by atoms with van der Waals surface area (Å²) >= 11 is 0. The molecule has 0 atom stereocenters. The van der Waals surface area contributed by atoms with Crippen LogP contribution in [0.4, 0.5) is 0 Å². The smallest absolute Gasteiger partial charge is 0.343 e. The second-order valence-corrected chi connectivity index (χ2v) is 8.86. The third kappa shape index (κ3) is 5.48. The fourth-order valence-electron chi connectivity index (χ4n) is 3.68. The van der Waals surface area contributed by atoms with E-state index in [1.165, 1.54) is 24.3 Å². The molecule has 37 heavy (non-hydrogen) atoms. The van der Waals surface area contributed by atoms with E-state index < -0.39 is 28.9 Å². The lowest BCUT2D eigenvalue weighted by atomic mass is 9.78. The van der Waals surface area contributed by atoms with E-state index in [-0.39, 0.29) is 22.6 Å². The third-order valence-electron chi connectivity index (χ3n) is 6.00. The molecule has 0 fully saturated rings. The van der Waals surface area contributed by atoms with Gasteiger partial charge in [0.05, 0.1) is 11.1 Å². The highest BCUT2D eigenvalue weighted by Gasteiger charge is 2.24. The fourth-order valence-corrected chi connectivity index (χ4v) is 3.68. The molecule has 0 amide bonds. The first kappa shape index (κ1) is 25.1. The predicted octanol–water partition coefficient (Wildman–Crippen LogP) is 5.27. The van der Waals surface area contributed by atoms with Crippen LogP contribution in [0.3, 0.4) is 0 Å². The third-order valence-corrected chi connectivity index (χ3v) is 6.00. The van der Waals surface area contributed by atoms with E-state index in [1.807, 2.05) is 38.1 Å². The molecule has 4 aromatic rings. The van der Waals surface area contributed by atoms with Gasteiger partial charge in [-0.2, -0.15) is 0 Å². The topological polar surface area (TPSA) is 134 Å². The number of benzene rings is 4. The molecule has 188 valence electrons. The Morgan fingerprint density at radius 1 is 0.541 bits per heavy atom. The van der Waals surface area contributed by atoms with Gasteiger partial charge in [-0.25, -0.2) is 9.59 Å². The Bertz CT molecular complexity index is 1340. The van der Waals surface area contributed by atoms with Crippen molar-refractivity contribution in [1.29, 1.82) is 0 Å². The van der Waals surface area contributed by atoms with E-state index in [9.17, 15) is 30.0 Å². The lowest BCUT2D eigenvalue weighted by Gasteiger charge is -2.26. The van der Waals surface area contributed by atoms with Crippen molar-refractivity contribution in [2.75, 3.05) is 0 Å². The van der Waals surface area contributed by atoms with Crippen LogP contribution in [0.15, 0.2) is 84.9 Å². The van der Waals surface area contributed by atoms with Crippen LogP contribution >= 0.6 is 0 Å². The van der Waals surface area contributed by atoms with Crippen molar-refractivity contribution in [3.8, 4) is 34.5 Å². The number of esters is 2. The Hall–Kier alpha value is -4.98. The molecule has 8 heteroatoms. The van der Waals surface area contributed by atoms with E-state index in [0.717, 1.165) is 23.3 Å². The highest BCUT2D eigenvalue weighted by Crippen LogP contribution is 2.34. The molecule has 0 spiro atoms. The summed E-state index contributed by atoms with van der Waals surface area (Å²) in [4.78, 5) is 24.7. The number of rotatable bonds is 6. The number of hydrogen-bond acceptors (Lipinski definition) is 8. The number of phenolic OH excluding ortho intramolecular Hbond substituents is 4. The van der Waals surface area contributed by atoms with Crippen molar-refractivity contribution in [3.05, 3.63) is 107 Å². The fraction of sp³-hybridized carbons (Fsp3) is 0.103. The summed E-state index contributed by atoms with van der Waals surface area (Å²) in [5.74, 6) is -2.18. The van der Waals surface area contributed by atoms with Gasteiger partial charge in [0.15, 0.2) is 23.0 Å². The summed E-state index contributed by atoms with van der Waals surface area (Å²) in [5.41, 5.74) is 1.65. The first-order chi connectivity index (χ1) is 17.5. The second kappa shape index (κ2) is 9.94. The summed E-state index contributed by atoms with van der Waals surface area (Å²) in [6, 6.07) is 21.4. The molecule has 0 bridgehead atoms. The van der Waals surface area contributed by atoms with Crippen LogP contribution in [0.1, 0.15) is 45.7 Å². The van der Waals surface area contributed by atoms with Gasteiger partial charge in [-0.1, -0.05) is 38.1 Å². The number of phenols is 4. The van der Waals surface area contributed by atoms with E-state index in [4.69, 9.17) is 9.47 Å². The lowest BCUT2D eigenvalue weighted by molar-refractivity contribution is 0.0724. The van der Waals surface area contributed by atoms with Crippen LogP contribution in [-0.4, -0.2) is 32.4 Å². The molecule has 0 aliphatic rings. The summed E-state index contributed by atoms with van der Waals surface area (Å²) in [7, 11) is 0. The Balaban J connectivity index is 1.43. The molecule has 4 aromatic carbocycles. The number of carbonyl (C=O) groups is 2. The minimum atomic E-state index is -0.671. The average molecular weight is 501 g/mol. The molecule has 0 unspecified atom stereocenters. The van der Waals surface area contributed by atoms with E-state index >= 15 is 0 Å². The Morgan fingerprint density at radius 3 is 1.22 bits per heavy atom. The molecule has 0 heterocycles. The SMILES string of the molecule is CC(C)(c1ccc(OC(=O)c2ccc(O)c(O)c2)cc1)c1ccc(OC(=O)c2ccc(O)c(O)c2)cc1. The molecule has 0 aromatic heterocycles. The molecule has 4 N–H and O–H groups in total. The monoisotopic (exact) mass is 500 g/mol. The number of hydrogen-bond donors (Lipinski definition) is 4. The van der Waals surface area contributed by atoms with Gasteiger partial charge >= 0.3 is 11.9 Å². The minimum absolute atomic E-state index is 0.0997. The van der Waals surface area contributed by atoms with Crippen molar-refractivity contribution in [3.63, 3.8) is 0 Å². The Kier molecular flexibility index (Phi) is 6.75. The highest BCUT2D eigenvalue weighted by atomic mass is 16.5. The van der Waals surface area contributed by atoms with Gasteiger partial charge in [0.25, 0.3) is 0 Å². The minimum Gasteiger partial charge on any atom is -0.504 e. The van der Waals surface area contributed by atoms with Crippen LogP contribution in [0.2, 0.25) is 0 Å². The van der Waals surface area contributed by atoms with E-state index in [1.54, 1.807) is 24.3 Å². The first-order valence-corrected chi connectivity index (χ1v) is 11.2. The normalized spacial score (nSPS) is 11.1. The van der Waals surface area contributed by atoms with Crippen molar-refractivity contribution in [2.24, 2.45) is 0 Å². The number of ether oxygens (including phenoxy) is 2. The largest absolute Gasteiger partial charge is 0.504 e. The zero-order valence-corrected chi connectivity index (χ0v) is 20.0. The van der Waals surface area contributed by atoms with Crippen LogP contribution in [0.25, 0.3) is 0 Å². The zero-order chi connectivity index (χ0) is 26.7.